The summed E-state index contributed by atoms with van der Waals surface area (Å²) in [6, 6.07) is 7.50. The maximum Gasteiger partial charge on any atom is 0.271 e. The van der Waals surface area contributed by atoms with Crippen LogP contribution in [0.15, 0.2) is 29.4 Å². The van der Waals surface area contributed by atoms with E-state index in [0.717, 1.165) is 9.26 Å². The van der Waals surface area contributed by atoms with Crippen LogP contribution in [0.2, 0.25) is 0 Å². The van der Waals surface area contributed by atoms with Crippen LogP contribution in [0.1, 0.15) is 12.8 Å². The van der Waals surface area contributed by atoms with E-state index in [0.29, 0.717) is 18.6 Å². The van der Waals surface area contributed by atoms with Gasteiger partial charge in [-0.2, -0.15) is 5.10 Å². The second kappa shape index (κ2) is 5.47. The summed E-state index contributed by atoms with van der Waals surface area (Å²) < 4.78 is 0.962. The van der Waals surface area contributed by atoms with Crippen molar-refractivity contribution in [3.05, 3.63) is 27.8 Å². The van der Waals surface area contributed by atoms with Gasteiger partial charge in [-0.25, -0.2) is 5.01 Å². The number of benzene rings is 1. The monoisotopic (exact) mass is 357 g/mol. The Morgan fingerprint density at radius 3 is 2.78 bits per heavy atom. The molecule has 1 aromatic rings. The smallest absolute Gasteiger partial charge is 0.271 e. The molecule has 0 unspecified atom stereocenters. The van der Waals surface area contributed by atoms with Gasteiger partial charge in [0.15, 0.2) is 0 Å². The molecule has 0 fully saturated rings. The third-order valence-electron chi connectivity index (χ3n) is 2.59. The van der Waals surface area contributed by atoms with Crippen LogP contribution in [0, 0.1) is 3.57 Å². The minimum atomic E-state index is -0.251. The first kappa shape index (κ1) is 13.0. The number of nitrogens with one attached hydrogen (secondary N) is 1. The van der Waals surface area contributed by atoms with E-state index in [1.54, 1.807) is 7.05 Å². The Morgan fingerprint density at radius 2 is 2.11 bits per heavy atom. The third kappa shape index (κ3) is 2.87. The maximum atomic E-state index is 12.0. The molecule has 1 heterocycles. The van der Waals surface area contributed by atoms with Gasteiger partial charge in [0.05, 0.1) is 5.69 Å². The van der Waals surface area contributed by atoms with Gasteiger partial charge in [0, 0.05) is 23.5 Å². The molecule has 0 spiro atoms. The maximum absolute atomic E-state index is 12.0. The normalized spacial score (nSPS) is 15.3. The number of hydrogen-bond donors (Lipinski definition) is 1. The minimum Gasteiger partial charge on any atom is -0.320 e. The highest BCUT2D eigenvalue weighted by Crippen LogP contribution is 2.17. The lowest BCUT2D eigenvalue weighted by Gasteiger charge is -2.19. The van der Waals surface area contributed by atoms with Crippen LogP contribution in [0.5, 0.6) is 0 Å². The number of nitrogens with zero attached hydrogens (tertiary/aromatic N) is 2. The van der Waals surface area contributed by atoms with Gasteiger partial charge in [0.2, 0.25) is 5.91 Å². The average Bonchev–Trinajstić information content (AvgIpc) is 2.35. The number of hydrazone groups is 1. The molecule has 0 bridgehead atoms. The Morgan fingerprint density at radius 1 is 1.39 bits per heavy atom. The van der Waals surface area contributed by atoms with Crippen molar-refractivity contribution in [2.45, 2.75) is 12.8 Å². The summed E-state index contributed by atoms with van der Waals surface area (Å²) in [5.74, 6) is -0.320. The van der Waals surface area contributed by atoms with Crippen molar-refractivity contribution in [2.75, 3.05) is 12.4 Å². The molecule has 1 aliphatic heterocycles. The lowest BCUT2D eigenvalue weighted by molar-refractivity contribution is -0.130. The number of halogens is 1. The van der Waals surface area contributed by atoms with Crippen LogP contribution in [-0.4, -0.2) is 29.6 Å². The standard InChI is InChI=1S/C12H12IN3O2/c1-16-11(17)7-6-10(15-16)12(18)14-9-5-3-2-4-8(9)13/h2-5H,6-7H2,1H3,(H,14,18). The summed E-state index contributed by atoms with van der Waals surface area (Å²) in [4.78, 5) is 23.2. The van der Waals surface area contributed by atoms with E-state index in [2.05, 4.69) is 33.0 Å². The van der Waals surface area contributed by atoms with Crippen molar-refractivity contribution >= 4 is 45.8 Å². The van der Waals surface area contributed by atoms with Crippen LogP contribution in [-0.2, 0) is 9.59 Å². The Labute approximate surface area is 118 Å². The van der Waals surface area contributed by atoms with Gasteiger partial charge < -0.3 is 5.32 Å². The molecule has 2 amide bonds. The van der Waals surface area contributed by atoms with E-state index in [1.165, 1.54) is 5.01 Å². The number of anilines is 1. The van der Waals surface area contributed by atoms with Gasteiger partial charge in [0.1, 0.15) is 5.71 Å². The van der Waals surface area contributed by atoms with Crippen LogP contribution in [0.3, 0.4) is 0 Å². The van der Waals surface area contributed by atoms with E-state index < -0.39 is 0 Å². The first-order chi connectivity index (χ1) is 8.58. The lowest BCUT2D eigenvalue weighted by Crippen LogP contribution is -2.34. The van der Waals surface area contributed by atoms with Gasteiger partial charge in [-0.3, -0.25) is 9.59 Å². The summed E-state index contributed by atoms with van der Waals surface area (Å²) >= 11 is 2.15. The lowest BCUT2D eigenvalue weighted by atomic mass is 10.1. The summed E-state index contributed by atoms with van der Waals surface area (Å²) in [6.45, 7) is 0. The summed E-state index contributed by atoms with van der Waals surface area (Å²) in [5.41, 5.74) is 1.14. The summed E-state index contributed by atoms with van der Waals surface area (Å²) in [5, 5.41) is 7.99. The molecular formula is C12H12IN3O2. The van der Waals surface area contributed by atoms with Crippen LogP contribution < -0.4 is 5.32 Å². The zero-order valence-corrected chi connectivity index (χ0v) is 12.0. The highest BCUT2D eigenvalue weighted by atomic mass is 127. The van der Waals surface area contributed by atoms with E-state index in [-0.39, 0.29) is 11.8 Å². The summed E-state index contributed by atoms with van der Waals surface area (Å²) in [6.07, 6.45) is 0.715. The average molecular weight is 357 g/mol. The molecule has 0 radical (unpaired) electrons. The highest BCUT2D eigenvalue weighted by molar-refractivity contribution is 14.1. The number of para-hydroxylation sites is 1. The molecule has 1 N–H and O–H groups in total. The van der Waals surface area contributed by atoms with Crippen molar-refractivity contribution in [1.82, 2.24) is 5.01 Å². The first-order valence-corrected chi connectivity index (χ1v) is 6.55. The Kier molecular flexibility index (Phi) is 3.95. The van der Waals surface area contributed by atoms with Gasteiger partial charge in [-0.05, 0) is 34.7 Å². The molecule has 0 saturated heterocycles. The predicted octanol–water partition coefficient (Wildman–Crippen LogP) is 1.84. The second-order valence-corrected chi connectivity index (χ2v) is 5.06. The molecule has 0 aliphatic carbocycles. The third-order valence-corrected chi connectivity index (χ3v) is 3.53. The van der Waals surface area contributed by atoms with Crippen molar-refractivity contribution < 1.29 is 9.59 Å². The van der Waals surface area contributed by atoms with E-state index in [9.17, 15) is 9.59 Å². The van der Waals surface area contributed by atoms with Gasteiger partial charge in [0.25, 0.3) is 5.91 Å². The molecule has 0 saturated carbocycles. The largest absolute Gasteiger partial charge is 0.320 e. The van der Waals surface area contributed by atoms with E-state index in [4.69, 9.17) is 0 Å². The zero-order chi connectivity index (χ0) is 13.1. The molecule has 0 aromatic heterocycles. The molecule has 94 valence electrons. The van der Waals surface area contributed by atoms with Crippen molar-refractivity contribution in [2.24, 2.45) is 5.10 Å². The minimum absolute atomic E-state index is 0.0687. The Balaban J connectivity index is 2.12. The highest BCUT2D eigenvalue weighted by Gasteiger charge is 2.22. The first-order valence-electron chi connectivity index (χ1n) is 5.48. The van der Waals surface area contributed by atoms with Crippen molar-refractivity contribution in [1.29, 1.82) is 0 Å². The van der Waals surface area contributed by atoms with Crippen LogP contribution in [0.4, 0.5) is 5.69 Å². The molecule has 1 aliphatic rings. The van der Waals surface area contributed by atoms with Gasteiger partial charge in [-0.15, -0.1) is 0 Å². The zero-order valence-electron chi connectivity index (χ0n) is 9.81. The van der Waals surface area contributed by atoms with Gasteiger partial charge >= 0.3 is 0 Å². The Hall–Kier alpha value is -1.44. The van der Waals surface area contributed by atoms with Crippen molar-refractivity contribution in [3.63, 3.8) is 0 Å². The van der Waals surface area contributed by atoms with Crippen LogP contribution >= 0.6 is 22.6 Å². The number of amides is 2. The van der Waals surface area contributed by atoms with E-state index in [1.807, 2.05) is 24.3 Å². The number of hydrogen-bond acceptors (Lipinski definition) is 3. The fourth-order valence-electron chi connectivity index (χ4n) is 1.59. The number of rotatable bonds is 2. The summed E-state index contributed by atoms with van der Waals surface area (Å²) in [7, 11) is 1.56. The van der Waals surface area contributed by atoms with Gasteiger partial charge in [-0.1, -0.05) is 12.1 Å². The quantitative estimate of drug-likeness (QED) is 0.822. The molecule has 0 atom stereocenters. The molecular weight excluding hydrogens is 345 g/mol. The van der Waals surface area contributed by atoms with E-state index >= 15 is 0 Å². The molecule has 2 rings (SSSR count). The molecule has 18 heavy (non-hydrogen) atoms. The molecule has 6 heteroatoms. The van der Waals surface area contributed by atoms with Crippen LogP contribution in [0.25, 0.3) is 0 Å². The SMILES string of the molecule is CN1N=C(C(=O)Nc2ccccc2I)CCC1=O. The molecule has 5 nitrogen and oxygen atoms in total. The second-order valence-electron chi connectivity index (χ2n) is 3.90. The topological polar surface area (TPSA) is 61.8 Å². The number of carbonyl (C=O) groups excluding carboxylic acids is 2. The molecule has 1 aromatic carbocycles. The van der Waals surface area contributed by atoms with Crippen molar-refractivity contribution in [3.8, 4) is 0 Å². The number of carbonyl (C=O) groups is 2. The predicted molar refractivity (Wildman–Crippen MR) is 77.2 cm³/mol. The fourth-order valence-corrected chi connectivity index (χ4v) is 2.11. The fraction of sp³-hybridized carbons (Fsp3) is 0.250. The Bertz CT molecular complexity index is 528.